The molecular weight excluding hydrogens is 328 g/mol. The second-order valence-electron chi connectivity index (χ2n) is 4.81. The molecule has 106 valence electrons. The minimum absolute atomic E-state index is 0.722. The number of nitrogens with zero attached hydrogens (tertiary/aromatic N) is 2. The van der Waals surface area contributed by atoms with Crippen molar-refractivity contribution in [3.05, 3.63) is 64.4 Å². The van der Waals surface area contributed by atoms with Crippen molar-refractivity contribution in [2.24, 2.45) is 0 Å². The van der Waals surface area contributed by atoms with Gasteiger partial charge in [0.1, 0.15) is 5.82 Å². The standard InChI is InChI=1S/C16H15BrN4/c1-11-19-16(21-20-11)13-3-2-4-15(9-13)18-10-12-5-7-14(17)8-6-12/h2-9,18H,10H2,1H3,(H,19,20,21). The van der Waals surface area contributed by atoms with Gasteiger partial charge in [0.2, 0.25) is 0 Å². The highest BCUT2D eigenvalue weighted by atomic mass is 79.9. The smallest absolute Gasteiger partial charge is 0.181 e. The average Bonchev–Trinajstić information content (AvgIpc) is 2.94. The molecule has 4 nitrogen and oxygen atoms in total. The van der Waals surface area contributed by atoms with Crippen molar-refractivity contribution < 1.29 is 0 Å². The van der Waals surface area contributed by atoms with E-state index in [4.69, 9.17) is 0 Å². The predicted octanol–water partition coefficient (Wildman–Crippen LogP) is 4.15. The highest BCUT2D eigenvalue weighted by Crippen LogP contribution is 2.20. The first kappa shape index (κ1) is 13.8. The Morgan fingerprint density at radius 3 is 2.67 bits per heavy atom. The van der Waals surface area contributed by atoms with E-state index >= 15 is 0 Å². The third kappa shape index (κ3) is 3.49. The fourth-order valence-corrected chi connectivity index (χ4v) is 2.31. The van der Waals surface area contributed by atoms with Crippen molar-refractivity contribution in [3.63, 3.8) is 0 Å². The second kappa shape index (κ2) is 6.10. The number of aromatic nitrogens is 3. The summed E-state index contributed by atoms with van der Waals surface area (Å²) < 4.78 is 1.09. The first-order valence-electron chi connectivity index (χ1n) is 6.68. The summed E-state index contributed by atoms with van der Waals surface area (Å²) in [5.41, 5.74) is 3.29. The third-order valence-corrected chi connectivity index (χ3v) is 3.66. The van der Waals surface area contributed by atoms with Gasteiger partial charge < -0.3 is 5.32 Å². The van der Waals surface area contributed by atoms with Gasteiger partial charge in [-0.25, -0.2) is 4.98 Å². The zero-order valence-electron chi connectivity index (χ0n) is 11.6. The van der Waals surface area contributed by atoms with Crippen LogP contribution in [0.15, 0.2) is 53.0 Å². The van der Waals surface area contributed by atoms with Crippen LogP contribution < -0.4 is 5.32 Å². The predicted molar refractivity (Wildman–Crippen MR) is 88.0 cm³/mol. The molecule has 3 aromatic rings. The molecule has 21 heavy (non-hydrogen) atoms. The molecule has 0 saturated carbocycles. The Bertz CT molecular complexity index is 734. The SMILES string of the molecule is Cc1nc(-c2cccc(NCc3ccc(Br)cc3)c2)n[nH]1. The minimum atomic E-state index is 0.722. The lowest BCUT2D eigenvalue weighted by molar-refractivity contribution is 1.04. The van der Waals surface area contributed by atoms with Crippen molar-refractivity contribution in [2.75, 3.05) is 5.32 Å². The summed E-state index contributed by atoms with van der Waals surface area (Å²) in [6.45, 7) is 2.68. The fourth-order valence-electron chi connectivity index (χ4n) is 2.05. The van der Waals surface area contributed by atoms with E-state index in [1.807, 2.05) is 37.3 Å². The van der Waals surface area contributed by atoms with Crippen molar-refractivity contribution >= 4 is 21.6 Å². The quantitative estimate of drug-likeness (QED) is 0.748. The van der Waals surface area contributed by atoms with Crippen LogP contribution >= 0.6 is 15.9 Å². The van der Waals surface area contributed by atoms with Crippen LogP contribution in [0.5, 0.6) is 0 Å². The number of halogens is 1. The molecule has 0 radical (unpaired) electrons. The zero-order chi connectivity index (χ0) is 14.7. The van der Waals surface area contributed by atoms with Crippen LogP contribution in [0.3, 0.4) is 0 Å². The largest absolute Gasteiger partial charge is 0.381 e. The highest BCUT2D eigenvalue weighted by molar-refractivity contribution is 9.10. The summed E-state index contributed by atoms with van der Waals surface area (Å²) in [6, 6.07) is 16.4. The molecule has 5 heteroatoms. The number of aryl methyl sites for hydroxylation is 1. The number of aromatic amines is 1. The van der Waals surface area contributed by atoms with E-state index < -0.39 is 0 Å². The number of rotatable bonds is 4. The summed E-state index contributed by atoms with van der Waals surface area (Å²) in [5.74, 6) is 1.54. The van der Waals surface area contributed by atoms with Crippen LogP contribution in [0.25, 0.3) is 11.4 Å². The van der Waals surface area contributed by atoms with Crippen molar-refractivity contribution in [3.8, 4) is 11.4 Å². The maximum absolute atomic E-state index is 4.35. The van der Waals surface area contributed by atoms with Gasteiger partial charge in [-0.1, -0.05) is 40.2 Å². The normalized spacial score (nSPS) is 10.6. The lowest BCUT2D eigenvalue weighted by Crippen LogP contribution is -1.99. The molecule has 0 unspecified atom stereocenters. The van der Waals surface area contributed by atoms with Crippen LogP contribution in [0, 0.1) is 6.92 Å². The van der Waals surface area contributed by atoms with Crippen LogP contribution in [0.1, 0.15) is 11.4 Å². The molecule has 1 aromatic heterocycles. The van der Waals surface area contributed by atoms with E-state index in [0.717, 1.165) is 33.9 Å². The molecular formula is C16H15BrN4. The monoisotopic (exact) mass is 342 g/mol. The van der Waals surface area contributed by atoms with E-state index in [9.17, 15) is 0 Å². The van der Waals surface area contributed by atoms with Gasteiger partial charge in [0.25, 0.3) is 0 Å². The molecule has 0 aliphatic heterocycles. The first-order chi connectivity index (χ1) is 10.2. The third-order valence-electron chi connectivity index (χ3n) is 3.13. The molecule has 0 spiro atoms. The maximum Gasteiger partial charge on any atom is 0.181 e. The lowest BCUT2D eigenvalue weighted by atomic mass is 10.1. The van der Waals surface area contributed by atoms with Crippen molar-refractivity contribution in [1.29, 1.82) is 0 Å². The number of nitrogens with one attached hydrogen (secondary N) is 2. The van der Waals surface area contributed by atoms with E-state index in [0.29, 0.717) is 0 Å². The number of hydrogen-bond acceptors (Lipinski definition) is 3. The Morgan fingerprint density at radius 2 is 1.95 bits per heavy atom. The Balaban J connectivity index is 1.73. The van der Waals surface area contributed by atoms with Crippen molar-refractivity contribution in [1.82, 2.24) is 15.2 Å². The van der Waals surface area contributed by atoms with Crippen LogP contribution in [0.2, 0.25) is 0 Å². The van der Waals surface area contributed by atoms with Crippen molar-refractivity contribution in [2.45, 2.75) is 13.5 Å². The average molecular weight is 343 g/mol. The number of H-pyrrole nitrogens is 1. The molecule has 3 rings (SSSR count). The molecule has 0 amide bonds. The summed E-state index contributed by atoms with van der Waals surface area (Å²) in [4.78, 5) is 4.35. The second-order valence-corrected chi connectivity index (χ2v) is 5.72. The summed E-state index contributed by atoms with van der Waals surface area (Å²) >= 11 is 3.44. The van der Waals surface area contributed by atoms with Crippen LogP contribution in [-0.2, 0) is 6.54 Å². The molecule has 0 saturated heterocycles. The maximum atomic E-state index is 4.35. The summed E-state index contributed by atoms with van der Waals surface area (Å²) in [5, 5.41) is 10.5. The van der Waals surface area contributed by atoms with E-state index in [1.165, 1.54) is 5.56 Å². The number of hydrogen-bond donors (Lipinski definition) is 2. The van der Waals surface area contributed by atoms with Gasteiger partial charge in [-0.05, 0) is 36.8 Å². The van der Waals surface area contributed by atoms with Gasteiger partial charge in [0.15, 0.2) is 5.82 Å². The number of anilines is 1. The molecule has 1 heterocycles. The fraction of sp³-hybridized carbons (Fsp3) is 0.125. The van der Waals surface area contributed by atoms with Crippen LogP contribution in [-0.4, -0.2) is 15.2 Å². The van der Waals surface area contributed by atoms with Gasteiger partial charge in [-0.3, -0.25) is 5.10 Å². The van der Waals surface area contributed by atoms with E-state index in [-0.39, 0.29) is 0 Å². The van der Waals surface area contributed by atoms with Gasteiger partial charge in [0, 0.05) is 22.3 Å². The molecule has 0 aliphatic carbocycles. The lowest BCUT2D eigenvalue weighted by Gasteiger charge is -2.07. The van der Waals surface area contributed by atoms with Crippen LogP contribution in [0.4, 0.5) is 5.69 Å². The molecule has 0 aliphatic rings. The zero-order valence-corrected chi connectivity index (χ0v) is 13.2. The Hall–Kier alpha value is -2.14. The van der Waals surface area contributed by atoms with E-state index in [1.54, 1.807) is 0 Å². The minimum Gasteiger partial charge on any atom is -0.381 e. The topological polar surface area (TPSA) is 53.6 Å². The molecule has 2 aromatic carbocycles. The molecule has 2 N–H and O–H groups in total. The van der Waals surface area contributed by atoms with Gasteiger partial charge in [0.05, 0.1) is 0 Å². The molecule has 0 atom stereocenters. The van der Waals surface area contributed by atoms with Gasteiger partial charge in [-0.2, -0.15) is 5.10 Å². The number of benzene rings is 2. The Labute approximate surface area is 131 Å². The highest BCUT2D eigenvalue weighted by Gasteiger charge is 2.04. The first-order valence-corrected chi connectivity index (χ1v) is 7.48. The van der Waals surface area contributed by atoms with Gasteiger partial charge >= 0.3 is 0 Å². The summed E-state index contributed by atoms with van der Waals surface area (Å²) in [7, 11) is 0. The summed E-state index contributed by atoms with van der Waals surface area (Å²) in [6.07, 6.45) is 0. The molecule has 0 fully saturated rings. The Morgan fingerprint density at radius 1 is 1.14 bits per heavy atom. The Kier molecular flexibility index (Phi) is 4.01. The van der Waals surface area contributed by atoms with Gasteiger partial charge in [-0.15, -0.1) is 0 Å². The van der Waals surface area contributed by atoms with E-state index in [2.05, 4.69) is 54.6 Å². The molecule has 0 bridgehead atoms.